The number of hydrogen-bond acceptors (Lipinski definition) is 3. The maximum Gasteiger partial charge on any atom is 0.193 e. The van der Waals surface area contributed by atoms with Crippen LogP contribution in [-0.2, 0) is 6.42 Å². The Hall–Kier alpha value is -2.26. The molecule has 2 aromatic carbocycles. The molecule has 3 rings (SSSR count). The summed E-state index contributed by atoms with van der Waals surface area (Å²) in [6.07, 6.45) is 1.89. The lowest BCUT2D eigenvalue weighted by Gasteiger charge is -2.08. The Balaban J connectivity index is 2.18. The number of para-hydroxylation sites is 1. The fraction of sp³-hybridized carbons (Fsp3) is 0.167. The van der Waals surface area contributed by atoms with Gasteiger partial charge in [-0.1, -0.05) is 37.1 Å². The predicted molar refractivity (Wildman–Crippen MR) is 88.6 cm³/mol. The van der Waals surface area contributed by atoms with E-state index in [9.17, 15) is 9.90 Å². The van der Waals surface area contributed by atoms with Gasteiger partial charge in [-0.15, -0.1) is 0 Å². The second-order valence-electron chi connectivity index (χ2n) is 5.19. The van der Waals surface area contributed by atoms with Gasteiger partial charge in [-0.2, -0.15) is 0 Å². The molecule has 3 nitrogen and oxygen atoms in total. The maximum absolute atomic E-state index is 12.2. The van der Waals surface area contributed by atoms with Crippen molar-refractivity contribution in [2.45, 2.75) is 19.8 Å². The molecular weight excluding hydrogens is 300 g/mol. The molecule has 112 valence electrons. The van der Waals surface area contributed by atoms with Crippen molar-refractivity contribution in [2.24, 2.45) is 0 Å². The third kappa shape index (κ3) is 2.60. The van der Waals surface area contributed by atoms with Crippen LogP contribution in [0, 0.1) is 0 Å². The smallest absolute Gasteiger partial charge is 0.193 e. The van der Waals surface area contributed by atoms with Gasteiger partial charge in [-0.3, -0.25) is 4.79 Å². The Bertz CT molecular complexity index is 896. The molecule has 0 saturated heterocycles. The van der Waals surface area contributed by atoms with Crippen LogP contribution in [0.4, 0.5) is 0 Å². The van der Waals surface area contributed by atoms with Crippen molar-refractivity contribution in [3.8, 4) is 17.1 Å². The summed E-state index contributed by atoms with van der Waals surface area (Å²) >= 11 is 6.10. The first-order valence-electron chi connectivity index (χ1n) is 7.15. The molecule has 0 saturated carbocycles. The predicted octanol–water partition coefficient (Wildman–Crippen LogP) is 4.77. The lowest BCUT2D eigenvalue weighted by atomic mass is 10.0. The van der Waals surface area contributed by atoms with Crippen LogP contribution in [0.1, 0.15) is 18.9 Å². The Labute approximate surface area is 132 Å². The zero-order valence-electron chi connectivity index (χ0n) is 12.1. The lowest BCUT2D eigenvalue weighted by Crippen LogP contribution is -2.00. The van der Waals surface area contributed by atoms with E-state index >= 15 is 0 Å². The van der Waals surface area contributed by atoms with E-state index < -0.39 is 0 Å². The maximum atomic E-state index is 12.2. The molecule has 22 heavy (non-hydrogen) atoms. The summed E-state index contributed by atoms with van der Waals surface area (Å²) in [5.74, 6) is 0.409. The van der Waals surface area contributed by atoms with Crippen molar-refractivity contribution in [3.63, 3.8) is 0 Å². The molecular formula is C18H15ClO3. The van der Waals surface area contributed by atoms with Crippen LogP contribution in [0.5, 0.6) is 5.75 Å². The fourth-order valence-corrected chi connectivity index (χ4v) is 2.72. The molecule has 0 amide bonds. The van der Waals surface area contributed by atoms with Gasteiger partial charge in [-0.25, -0.2) is 0 Å². The number of halogens is 1. The first kappa shape index (κ1) is 14.7. The summed E-state index contributed by atoms with van der Waals surface area (Å²) in [6.45, 7) is 2.08. The first-order chi connectivity index (χ1) is 10.6. The topological polar surface area (TPSA) is 50.4 Å². The third-order valence-electron chi connectivity index (χ3n) is 3.57. The van der Waals surface area contributed by atoms with Crippen molar-refractivity contribution in [1.82, 2.24) is 0 Å². The molecule has 0 spiro atoms. The van der Waals surface area contributed by atoms with Gasteiger partial charge >= 0.3 is 0 Å². The highest BCUT2D eigenvalue weighted by molar-refractivity contribution is 6.34. The van der Waals surface area contributed by atoms with Gasteiger partial charge in [-0.05, 0) is 36.2 Å². The van der Waals surface area contributed by atoms with Crippen LogP contribution in [-0.4, -0.2) is 5.11 Å². The molecule has 0 unspecified atom stereocenters. The Morgan fingerprint density at radius 1 is 1.18 bits per heavy atom. The van der Waals surface area contributed by atoms with E-state index in [-0.39, 0.29) is 11.2 Å². The van der Waals surface area contributed by atoms with E-state index in [1.54, 1.807) is 30.3 Å². The van der Waals surface area contributed by atoms with Crippen LogP contribution in [0.15, 0.2) is 51.7 Å². The zero-order valence-corrected chi connectivity index (χ0v) is 12.9. The quantitative estimate of drug-likeness (QED) is 0.757. The number of fused-ring (bicyclic) bond motifs is 1. The lowest BCUT2D eigenvalue weighted by molar-refractivity contribution is 0.473. The fourth-order valence-electron chi connectivity index (χ4n) is 2.51. The van der Waals surface area contributed by atoms with Crippen LogP contribution in [0.3, 0.4) is 0 Å². The second-order valence-corrected chi connectivity index (χ2v) is 5.60. The number of benzene rings is 2. The minimum Gasteiger partial charge on any atom is -0.507 e. The van der Waals surface area contributed by atoms with E-state index in [0.29, 0.717) is 27.3 Å². The average molecular weight is 315 g/mol. The normalized spacial score (nSPS) is 11.0. The number of phenolic OH excluding ortho intramolecular Hbond substituents is 1. The highest BCUT2D eigenvalue weighted by atomic mass is 35.5. The summed E-state index contributed by atoms with van der Waals surface area (Å²) in [5.41, 5.74) is 1.68. The van der Waals surface area contributed by atoms with E-state index in [1.165, 1.54) is 6.07 Å². The van der Waals surface area contributed by atoms with Gasteiger partial charge in [0.15, 0.2) is 11.0 Å². The molecule has 0 aliphatic rings. The number of aryl methyl sites for hydroxylation is 1. The van der Waals surface area contributed by atoms with Gasteiger partial charge in [0, 0.05) is 6.07 Å². The van der Waals surface area contributed by atoms with Crippen molar-refractivity contribution in [1.29, 1.82) is 0 Å². The summed E-state index contributed by atoms with van der Waals surface area (Å²) in [4.78, 5) is 12.2. The molecule has 3 aromatic rings. The summed E-state index contributed by atoms with van der Waals surface area (Å²) in [7, 11) is 0. The molecule has 0 fully saturated rings. The molecule has 4 heteroatoms. The zero-order chi connectivity index (χ0) is 15.7. The molecule has 0 aliphatic heterocycles. The highest BCUT2D eigenvalue weighted by Crippen LogP contribution is 2.32. The third-order valence-corrected chi connectivity index (χ3v) is 3.87. The minimum atomic E-state index is -0.184. The SMILES string of the molecule is CCCc1ccc(-c2cc(=O)c3cccc(Cl)c3o2)c(O)c1. The molecule has 0 bridgehead atoms. The Morgan fingerprint density at radius 3 is 2.73 bits per heavy atom. The van der Waals surface area contributed by atoms with Gasteiger partial charge < -0.3 is 9.52 Å². The number of rotatable bonds is 3. The average Bonchev–Trinajstić information content (AvgIpc) is 2.49. The van der Waals surface area contributed by atoms with Gasteiger partial charge in [0.2, 0.25) is 0 Å². The molecule has 0 radical (unpaired) electrons. The monoisotopic (exact) mass is 314 g/mol. The molecule has 1 N–H and O–H groups in total. The minimum absolute atomic E-state index is 0.0977. The largest absolute Gasteiger partial charge is 0.507 e. The van der Waals surface area contributed by atoms with Crippen LogP contribution >= 0.6 is 11.6 Å². The van der Waals surface area contributed by atoms with Gasteiger partial charge in [0.1, 0.15) is 11.5 Å². The summed E-state index contributed by atoms with van der Waals surface area (Å²) in [6, 6.07) is 11.8. The van der Waals surface area contributed by atoms with Crippen molar-refractivity contribution in [3.05, 3.63) is 63.3 Å². The van der Waals surface area contributed by atoms with E-state index in [4.69, 9.17) is 16.0 Å². The van der Waals surface area contributed by atoms with Gasteiger partial charge in [0.05, 0.1) is 16.0 Å². The van der Waals surface area contributed by atoms with Crippen molar-refractivity contribution >= 4 is 22.6 Å². The second kappa shape index (κ2) is 5.85. The number of phenols is 1. The van der Waals surface area contributed by atoms with Crippen molar-refractivity contribution in [2.75, 3.05) is 0 Å². The summed E-state index contributed by atoms with van der Waals surface area (Å²) in [5, 5.41) is 11.0. The number of aromatic hydroxyl groups is 1. The Kier molecular flexibility index (Phi) is 3.90. The molecule has 1 aromatic heterocycles. The summed E-state index contributed by atoms with van der Waals surface area (Å²) < 4.78 is 5.75. The van der Waals surface area contributed by atoms with E-state index in [2.05, 4.69) is 6.92 Å². The van der Waals surface area contributed by atoms with Crippen LogP contribution in [0.2, 0.25) is 5.02 Å². The van der Waals surface area contributed by atoms with E-state index in [1.807, 2.05) is 6.07 Å². The molecule has 0 aliphatic carbocycles. The van der Waals surface area contributed by atoms with E-state index in [0.717, 1.165) is 18.4 Å². The highest BCUT2D eigenvalue weighted by Gasteiger charge is 2.12. The van der Waals surface area contributed by atoms with Crippen molar-refractivity contribution < 1.29 is 9.52 Å². The van der Waals surface area contributed by atoms with Gasteiger partial charge in [0.25, 0.3) is 0 Å². The molecule has 0 atom stereocenters. The Morgan fingerprint density at radius 2 is 2.00 bits per heavy atom. The number of hydrogen-bond donors (Lipinski definition) is 1. The van der Waals surface area contributed by atoms with Crippen LogP contribution in [0.25, 0.3) is 22.3 Å². The standard InChI is InChI=1S/C18H15ClO3/c1-2-4-11-7-8-12(15(20)9-11)17-10-16(21)13-5-3-6-14(19)18(13)22-17/h3,5-10,20H,2,4H2,1H3. The molecule has 1 heterocycles. The first-order valence-corrected chi connectivity index (χ1v) is 7.52. The van der Waals surface area contributed by atoms with Crippen LogP contribution < -0.4 is 5.43 Å².